The second-order valence-corrected chi connectivity index (χ2v) is 6.38. The topological polar surface area (TPSA) is 43.3 Å². The van der Waals surface area contributed by atoms with E-state index in [0.717, 1.165) is 13.0 Å². The minimum atomic E-state index is -0.121. The minimum Gasteiger partial charge on any atom is -0.484 e. The number of rotatable bonds is 7. The maximum atomic E-state index is 11.9. The molecule has 0 bridgehead atoms. The van der Waals surface area contributed by atoms with Crippen molar-refractivity contribution in [2.24, 2.45) is 0 Å². The molecule has 0 aliphatic heterocycles. The van der Waals surface area contributed by atoms with Crippen LogP contribution in [0.4, 0.5) is 0 Å². The second-order valence-electron chi connectivity index (χ2n) is 5.94. The molecule has 1 amide bonds. The molecule has 130 valence electrons. The minimum absolute atomic E-state index is 0.00705. The zero-order chi connectivity index (χ0) is 17.6. The number of nitrogens with one attached hydrogen (secondary N) is 1. The molecule has 25 heavy (non-hydrogen) atoms. The summed E-state index contributed by atoms with van der Waals surface area (Å²) in [6.45, 7) is 3.61. The van der Waals surface area contributed by atoms with Crippen LogP contribution in [0.25, 0.3) is 10.9 Å². The Balaban J connectivity index is 1.42. The summed E-state index contributed by atoms with van der Waals surface area (Å²) in [5.41, 5.74) is 2.47. The number of hydrogen-bond acceptors (Lipinski definition) is 2. The largest absolute Gasteiger partial charge is 0.484 e. The lowest BCUT2D eigenvalue weighted by atomic mass is 10.2. The summed E-state index contributed by atoms with van der Waals surface area (Å²) in [5.74, 6) is 0.512. The fraction of sp³-hybridized carbons (Fsp3) is 0.250. The molecule has 3 aromatic rings. The molecular weight excluding hydrogens is 336 g/mol. The van der Waals surface area contributed by atoms with Gasteiger partial charge in [0.05, 0.1) is 0 Å². The van der Waals surface area contributed by atoms with Crippen LogP contribution in [-0.2, 0) is 11.3 Å². The van der Waals surface area contributed by atoms with Crippen LogP contribution >= 0.6 is 11.6 Å². The number of benzene rings is 2. The Morgan fingerprint density at radius 1 is 1.16 bits per heavy atom. The maximum absolute atomic E-state index is 11.9. The summed E-state index contributed by atoms with van der Waals surface area (Å²) < 4.78 is 7.71. The van der Waals surface area contributed by atoms with Crippen LogP contribution in [0.3, 0.4) is 0 Å². The predicted molar refractivity (Wildman–Crippen MR) is 101 cm³/mol. The average Bonchev–Trinajstić information content (AvgIpc) is 2.93. The van der Waals surface area contributed by atoms with E-state index in [0.29, 0.717) is 17.3 Å². The monoisotopic (exact) mass is 356 g/mol. The van der Waals surface area contributed by atoms with E-state index in [2.05, 4.69) is 35.0 Å². The molecular formula is C20H21ClN2O2. The number of amides is 1. The number of fused-ring (bicyclic) bond motifs is 1. The van der Waals surface area contributed by atoms with Crippen molar-refractivity contribution in [3.63, 3.8) is 0 Å². The quantitative estimate of drug-likeness (QED) is 0.645. The van der Waals surface area contributed by atoms with Crippen LogP contribution in [0.15, 0.2) is 54.6 Å². The van der Waals surface area contributed by atoms with Gasteiger partial charge >= 0.3 is 0 Å². The van der Waals surface area contributed by atoms with Gasteiger partial charge in [0.2, 0.25) is 0 Å². The van der Waals surface area contributed by atoms with Gasteiger partial charge in [-0.25, -0.2) is 0 Å². The number of para-hydroxylation sites is 1. The van der Waals surface area contributed by atoms with E-state index < -0.39 is 0 Å². The highest BCUT2D eigenvalue weighted by molar-refractivity contribution is 6.30. The molecule has 5 heteroatoms. The van der Waals surface area contributed by atoms with Crippen LogP contribution in [-0.4, -0.2) is 23.6 Å². The highest BCUT2D eigenvalue weighted by atomic mass is 35.5. The molecule has 0 aliphatic rings. The van der Waals surface area contributed by atoms with Crippen molar-refractivity contribution in [3.05, 3.63) is 65.3 Å². The first-order valence-corrected chi connectivity index (χ1v) is 8.71. The Hall–Kier alpha value is -2.46. The molecule has 0 unspecified atom stereocenters. The molecule has 0 saturated carbocycles. The molecule has 1 N–H and O–H groups in total. The number of carbonyl (C=O) groups excluding carboxylic acids is 1. The van der Waals surface area contributed by atoms with Crippen molar-refractivity contribution in [2.45, 2.75) is 19.9 Å². The van der Waals surface area contributed by atoms with E-state index >= 15 is 0 Å². The third kappa shape index (κ3) is 4.54. The molecule has 2 aromatic carbocycles. The Kier molecular flexibility index (Phi) is 5.61. The summed E-state index contributed by atoms with van der Waals surface area (Å²) in [5, 5.41) is 4.78. The Morgan fingerprint density at radius 3 is 2.72 bits per heavy atom. The highest BCUT2D eigenvalue weighted by Gasteiger charge is 2.06. The molecule has 0 spiro atoms. The molecule has 0 saturated heterocycles. The van der Waals surface area contributed by atoms with Crippen molar-refractivity contribution in [2.75, 3.05) is 13.2 Å². The van der Waals surface area contributed by atoms with Crippen LogP contribution < -0.4 is 10.1 Å². The normalized spacial score (nSPS) is 10.8. The van der Waals surface area contributed by atoms with Gasteiger partial charge in [-0.2, -0.15) is 0 Å². The number of aromatic nitrogens is 1. The summed E-state index contributed by atoms with van der Waals surface area (Å²) in [4.78, 5) is 11.9. The molecule has 1 aromatic heterocycles. The zero-order valence-corrected chi connectivity index (χ0v) is 14.9. The smallest absolute Gasteiger partial charge is 0.257 e. The first-order chi connectivity index (χ1) is 12.1. The standard InChI is InChI=1S/C20H21ClN2O2/c1-15-13-16-5-2-3-6-19(16)23(15)12-4-11-22-20(24)14-25-18-9-7-17(21)8-10-18/h2-3,5-10,13H,4,11-12,14H2,1H3,(H,22,24). The van der Waals surface area contributed by atoms with E-state index in [1.165, 1.54) is 16.6 Å². The Bertz CT molecular complexity index is 856. The Morgan fingerprint density at radius 2 is 1.92 bits per heavy atom. The molecule has 0 fully saturated rings. The molecule has 4 nitrogen and oxygen atoms in total. The van der Waals surface area contributed by atoms with Gasteiger partial charge in [0.1, 0.15) is 5.75 Å². The number of nitrogens with zero attached hydrogens (tertiary/aromatic N) is 1. The van der Waals surface area contributed by atoms with Crippen molar-refractivity contribution in [1.29, 1.82) is 0 Å². The summed E-state index contributed by atoms with van der Waals surface area (Å²) >= 11 is 5.81. The number of carbonyl (C=O) groups is 1. The first-order valence-electron chi connectivity index (χ1n) is 8.33. The van der Waals surface area contributed by atoms with Gasteiger partial charge in [0.25, 0.3) is 5.91 Å². The lowest BCUT2D eigenvalue weighted by Crippen LogP contribution is -2.30. The third-order valence-electron chi connectivity index (χ3n) is 4.08. The summed E-state index contributed by atoms with van der Waals surface area (Å²) in [6.07, 6.45) is 0.867. The van der Waals surface area contributed by atoms with Gasteiger partial charge in [-0.05, 0) is 55.1 Å². The number of aryl methyl sites for hydroxylation is 2. The summed E-state index contributed by atoms with van der Waals surface area (Å²) in [7, 11) is 0. The van der Waals surface area contributed by atoms with Crippen LogP contribution in [0, 0.1) is 6.92 Å². The lowest BCUT2D eigenvalue weighted by molar-refractivity contribution is -0.123. The molecule has 1 heterocycles. The highest BCUT2D eigenvalue weighted by Crippen LogP contribution is 2.19. The summed E-state index contributed by atoms with van der Waals surface area (Å²) in [6, 6.07) is 17.5. The van der Waals surface area contributed by atoms with Gasteiger partial charge in [0.15, 0.2) is 6.61 Å². The SMILES string of the molecule is Cc1cc2ccccc2n1CCCNC(=O)COc1ccc(Cl)cc1. The molecule has 0 atom stereocenters. The zero-order valence-electron chi connectivity index (χ0n) is 14.2. The average molecular weight is 357 g/mol. The van der Waals surface area contributed by atoms with Gasteiger partial charge < -0.3 is 14.6 Å². The molecule has 3 rings (SSSR count). The lowest BCUT2D eigenvalue weighted by Gasteiger charge is -2.10. The van der Waals surface area contributed by atoms with Gasteiger partial charge in [-0.1, -0.05) is 29.8 Å². The number of ether oxygens (including phenoxy) is 1. The van der Waals surface area contributed by atoms with E-state index in [1.54, 1.807) is 24.3 Å². The van der Waals surface area contributed by atoms with E-state index in [4.69, 9.17) is 16.3 Å². The van der Waals surface area contributed by atoms with Crippen molar-refractivity contribution in [1.82, 2.24) is 9.88 Å². The predicted octanol–water partition coefficient (Wildman–Crippen LogP) is 4.19. The number of halogens is 1. The number of hydrogen-bond donors (Lipinski definition) is 1. The van der Waals surface area contributed by atoms with Gasteiger partial charge in [-0.3, -0.25) is 4.79 Å². The van der Waals surface area contributed by atoms with Crippen molar-refractivity contribution in [3.8, 4) is 5.75 Å². The van der Waals surface area contributed by atoms with Crippen molar-refractivity contribution >= 4 is 28.4 Å². The fourth-order valence-corrected chi connectivity index (χ4v) is 2.97. The van der Waals surface area contributed by atoms with Crippen LogP contribution in [0.2, 0.25) is 5.02 Å². The van der Waals surface area contributed by atoms with Gasteiger partial charge in [-0.15, -0.1) is 0 Å². The third-order valence-corrected chi connectivity index (χ3v) is 4.33. The Labute approximate surface area is 152 Å². The van der Waals surface area contributed by atoms with Crippen molar-refractivity contribution < 1.29 is 9.53 Å². The molecule has 0 aliphatic carbocycles. The molecule has 0 radical (unpaired) electrons. The van der Waals surface area contributed by atoms with Crippen LogP contribution in [0.5, 0.6) is 5.75 Å². The maximum Gasteiger partial charge on any atom is 0.257 e. The second kappa shape index (κ2) is 8.08. The van der Waals surface area contributed by atoms with Gasteiger partial charge in [0, 0.05) is 29.3 Å². The van der Waals surface area contributed by atoms with E-state index in [-0.39, 0.29) is 12.5 Å². The first kappa shape index (κ1) is 17.4. The van der Waals surface area contributed by atoms with Crippen LogP contribution in [0.1, 0.15) is 12.1 Å². The van der Waals surface area contributed by atoms with E-state index in [1.807, 2.05) is 12.1 Å². The fourth-order valence-electron chi connectivity index (χ4n) is 2.84. The van der Waals surface area contributed by atoms with E-state index in [9.17, 15) is 4.79 Å².